The number of hydrogen-bond donors (Lipinski definition) is 3. The van der Waals surface area contributed by atoms with E-state index in [1.54, 1.807) is 0 Å². The molecule has 1 heterocycles. The van der Waals surface area contributed by atoms with Gasteiger partial charge in [-0.25, -0.2) is 9.98 Å². The molecule has 3 N–H and O–H groups in total. The summed E-state index contributed by atoms with van der Waals surface area (Å²) in [5.41, 5.74) is 3.12. The Morgan fingerprint density at radius 3 is 2.74 bits per heavy atom. The lowest BCUT2D eigenvalue weighted by atomic mass is 10.1. The normalized spacial score (nSPS) is 11.0. The third-order valence-electron chi connectivity index (χ3n) is 3.78. The zero-order valence-corrected chi connectivity index (χ0v) is 18.0. The molecule has 0 aliphatic heterocycles. The van der Waals surface area contributed by atoms with Crippen molar-refractivity contribution in [1.82, 2.24) is 25.8 Å². The van der Waals surface area contributed by atoms with Crippen LogP contribution in [-0.4, -0.2) is 27.7 Å². The molecule has 0 aliphatic carbocycles. The maximum atomic E-state index is 6.21. The van der Waals surface area contributed by atoms with Crippen LogP contribution in [-0.2, 0) is 13.1 Å². The summed E-state index contributed by atoms with van der Waals surface area (Å²) >= 11 is 6.21. The molecule has 3 rings (SSSR count). The average Bonchev–Trinajstić information content (AvgIpc) is 3.20. The molecule has 6 nitrogen and oxygen atoms in total. The Morgan fingerprint density at radius 1 is 1.15 bits per heavy atom. The van der Waals surface area contributed by atoms with E-state index in [-0.39, 0.29) is 24.0 Å². The van der Waals surface area contributed by atoms with Crippen molar-refractivity contribution in [3.05, 3.63) is 71.0 Å². The van der Waals surface area contributed by atoms with Crippen LogP contribution in [0.4, 0.5) is 0 Å². The van der Waals surface area contributed by atoms with Crippen LogP contribution in [0.3, 0.4) is 0 Å². The van der Waals surface area contributed by atoms with Crippen molar-refractivity contribution in [1.29, 1.82) is 0 Å². The van der Waals surface area contributed by atoms with Gasteiger partial charge in [0.2, 0.25) is 0 Å². The highest BCUT2D eigenvalue weighted by Gasteiger charge is 2.04. The highest BCUT2D eigenvalue weighted by Crippen LogP contribution is 2.16. The van der Waals surface area contributed by atoms with E-state index in [1.807, 2.05) is 49.4 Å². The molecule has 0 atom stereocenters. The van der Waals surface area contributed by atoms with E-state index in [1.165, 1.54) is 6.33 Å². The largest absolute Gasteiger partial charge is 0.357 e. The zero-order valence-electron chi connectivity index (χ0n) is 14.9. The maximum absolute atomic E-state index is 6.21. The molecule has 0 amide bonds. The number of H-pyrrole nitrogens is 1. The number of benzene rings is 2. The Bertz CT molecular complexity index is 866. The summed E-state index contributed by atoms with van der Waals surface area (Å²) < 4.78 is 0. The van der Waals surface area contributed by atoms with Crippen molar-refractivity contribution in [2.75, 3.05) is 6.54 Å². The zero-order chi connectivity index (χ0) is 18.2. The van der Waals surface area contributed by atoms with Crippen molar-refractivity contribution in [2.45, 2.75) is 20.0 Å². The molecule has 0 spiro atoms. The van der Waals surface area contributed by atoms with Crippen LogP contribution in [0.2, 0.25) is 5.02 Å². The van der Waals surface area contributed by atoms with Crippen molar-refractivity contribution in [2.24, 2.45) is 4.99 Å². The predicted molar refractivity (Wildman–Crippen MR) is 120 cm³/mol. The van der Waals surface area contributed by atoms with E-state index in [9.17, 15) is 0 Å². The van der Waals surface area contributed by atoms with Gasteiger partial charge in [-0.1, -0.05) is 48.0 Å². The highest BCUT2D eigenvalue weighted by atomic mass is 127. The first-order valence-electron chi connectivity index (χ1n) is 8.46. The van der Waals surface area contributed by atoms with Crippen LogP contribution in [0, 0.1) is 0 Å². The first kappa shape index (κ1) is 21.2. The molecule has 2 aromatic carbocycles. The van der Waals surface area contributed by atoms with Gasteiger partial charge in [0.05, 0.1) is 6.54 Å². The van der Waals surface area contributed by atoms with Crippen LogP contribution in [0.25, 0.3) is 11.4 Å². The van der Waals surface area contributed by atoms with Crippen molar-refractivity contribution in [3.63, 3.8) is 0 Å². The van der Waals surface area contributed by atoms with E-state index in [0.717, 1.165) is 40.0 Å². The van der Waals surface area contributed by atoms with Crippen LogP contribution in [0.1, 0.15) is 18.1 Å². The van der Waals surface area contributed by atoms with Crippen molar-refractivity contribution >= 4 is 41.5 Å². The van der Waals surface area contributed by atoms with Gasteiger partial charge in [-0.3, -0.25) is 5.10 Å². The van der Waals surface area contributed by atoms with Gasteiger partial charge in [0.15, 0.2) is 11.8 Å². The third-order valence-corrected chi connectivity index (χ3v) is 4.15. The summed E-state index contributed by atoms with van der Waals surface area (Å²) in [6.45, 7) is 3.99. The van der Waals surface area contributed by atoms with Crippen molar-refractivity contribution in [3.8, 4) is 11.4 Å². The fourth-order valence-electron chi connectivity index (χ4n) is 2.49. The average molecular weight is 497 g/mol. The fourth-order valence-corrected chi connectivity index (χ4v) is 2.70. The summed E-state index contributed by atoms with van der Waals surface area (Å²) in [4.78, 5) is 8.84. The lowest BCUT2D eigenvalue weighted by Gasteiger charge is -2.12. The predicted octanol–water partition coefficient (Wildman–Crippen LogP) is 4.00. The molecule has 0 aliphatic rings. The second-order valence-electron chi connectivity index (χ2n) is 5.67. The van der Waals surface area contributed by atoms with Crippen LogP contribution >= 0.6 is 35.6 Å². The molecule has 0 unspecified atom stereocenters. The Hall–Kier alpha value is -2.13. The molecule has 1 aromatic heterocycles. The van der Waals surface area contributed by atoms with E-state index < -0.39 is 0 Å². The lowest BCUT2D eigenvalue weighted by molar-refractivity contribution is 0.816. The SMILES string of the molecule is CCNC(=NCc1cccc(-c2ncn[nH]2)c1)NCc1ccccc1Cl.I. The second kappa shape index (κ2) is 10.9. The molecule has 0 radical (unpaired) electrons. The maximum Gasteiger partial charge on any atom is 0.191 e. The number of nitrogens with zero attached hydrogens (tertiary/aromatic N) is 3. The van der Waals surface area contributed by atoms with Crippen LogP contribution in [0.15, 0.2) is 59.9 Å². The first-order chi connectivity index (χ1) is 12.8. The lowest BCUT2D eigenvalue weighted by Crippen LogP contribution is -2.36. The molecule has 0 saturated carbocycles. The Kier molecular flexibility index (Phi) is 8.53. The van der Waals surface area contributed by atoms with Gasteiger partial charge in [-0.15, -0.1) is 24.0 Å². The topological polar surface area (TPSA) is 78.0 Å². The molecule has 142 valence electrons. The van der Waals surface area contributed by atoms with Gasteiger partial charge in [0, 0.05) is 23.7 Å². The van der Waals surface area contributed by atoms with Crippen molar-refractivity contribution < 1.29 is 0 Å². The van der Waals surface area contributed by atoms with Crippen LogP contribution in [0.5, 0.6) is 0 Å². The number of guanidine groups is 1. The van der Waals surface area contributed by atoms with E-state index in [4.69, 9.17) is 11.6 Å². The monoisotopic (exact) mass is 496 g/mol. The second-order valence-corrected chi connectivity index (χ2v) is 6.08. The number of aliphatic imine (C=N–C) groups is 1. The summed E-state index contributed by atoms with van der Waals surface area (Å²) in [7, 11) is 0. The molecular weight excluding hydrogens is 475 g/mol. The number of hydrogen-bond acceptors (Lipinski definition) is 3. The first-order valence-corrected chi connectivity index (χ1v) is 8.84. The number of aromatic nitrogens is 3. The molecule has 3 aromatic rings. The highest BCUT2D eigenvalue weighted by molar-refractivity contribution is 14.0. The minimum absolute atomic E-state index is 0. The molecule has 0 fully saturated rings. The van der Waals surface area contributed by atoms with E-state index in [2.05, 4.69) is 36.9 Å². The Balaban J connectivity index is 0.00000261. The van der Waals surface area contributed by atoms with Crippen LogP contribution < -0.4 is 10.6 Å². The number of aromatic amines is 1. The molecule has 0 saturated heterocycles. The molecule has 0 bridgehead atoms. The standard InChI is InChI=1S/C19H21ClN6.HI/c1-2-21-19(23-12-16-7-3-4-9-17(16)20)22-11-14-6-5-8-15(10-14)18-24-13-25-26-18;/h3-10,13H,2,11-12H2,1H3,(H2,21,22,23)(H,24,25,26);1H. The smallest absolute Gasteiger partial charge is 0.191 e. The summed E-state index contributed by atoms with van der Waals surface area (Å²) in [5.74, 6) is 1.50. The van der Waals surface area contributed by atoms with E-state index in [0.29, 0.717) is 13.1 Å². The van der Waals surface area contributed by atoms with Gasteiger partial charge in [0.25, 0.3) is 0 Å². The third kappa shape index (κ3) is 6.21. The van der Waals surface area contributed by atoms with Gasteiger partial charge in [-0.2, -0.15) is 5.10 Å². The number of rotatable bonds is 6. The minimum Gasteiger partial charge on any atom is -0.357 e. The quantitative estimate of drug-likeness (QED) is 0.274. The summed E-state index contributed by atoms with van der Waals surface area (Å²) in [5, 5.41) is 14.1. The summed E-state index contributed by atoms with van der Waals surface area (Å²) in [6, 6.07) is 15.9. The Morgan fingerprint density at radius 2 is 2.00 bits per heavy atom. The van der Waals surface area contributed by atoms with Gasteiger partial charge in [0.1, 0.15) is 6.33 Å². The molecule has 27 heavy (non-hydrogen) atoms. The molecule has 8 heteroatoms. The number of halogens is 2. The Labute approximate surface area is 180 Å². The minimum atomic E-state index is 0. The van der Waals surface area contributed by atoms with Gasteiger partial charge < -0.3 is 10.6 Å². The van der Waals surface area contributed by atoms with E-state index >= 15 is 0 Å². The number of nitrogens with one attached hydrogen (secondary N) is 3. The van der Waals surface area contributed by atoms with Gasteiger partial charge >= 0.3 is 0 Å². The van der Waals surface area contributed by atoms with Gasteiger partial charge in [-0.05, 0) is 30.2 Å². The summed E-state index contributed by atoms with van der Waals surface area (Å²) in [6.07, 6.45) is 1.50. The fraction of sp³-hybridized carbons (Fsp3) is 0.211. The molecular formula is C19H22ClIN6.